The van der Waals surface area contributed by atoms with E-state index in [2.05, 4.69) is 5.32 Å². The molecule has 0 spiro atoms. The minimum absolute atomic E-state index is 0.0858. The third kappa shape index (κ3) is 4.91. The van der Waals surface area contributed by atoms with Crippen LogP contribution in [0.2, 0.25) is 0 Å². The molecule has 8 nitrogen and oxygen atoms in total. The number of piperidine rings is 1. The highest BCUT2D eigenvalue weighted by Gasteiger charge is 2.24. The fourth-order valence-electron chi connectivity index (χ4n) is 2.95. The maximum atomic E-state index is 12.1. The first-order chi connectivity index (χ1) is 11.8. The van der Waals surface area contributed by atoms with E-state index in [4.69, 9.17) is 5.73 Å². The van der Waals surface area contributed by atoms with Crippen LogP contribution < -0.4 is 11.1 Å². The summed E-state index contributed by atoms with van der Waals surface area (Å²) in [5.41, 5.74) is 5.76. The lowest BCUT2D eigenvalue weighted by molar-refractivity contribution is -0.384. The number of nitrogens with one attached hydrogen (secondary N) is 1. The molecule has 0 aliphatic carbocycles. The zero-order valence-electron chi connectivity index (χ0n) is 14.5. The molecule has 1 aliphatic heterocycles. The molecular formula is C17H24N4O4. The van der Waals surface area contributed by atoms with Crippen molar-refractivity contribution in [1.82, 2.24) is 4.90 Å². The molecule has 1 saturated heterocycles. The van der Waals surface area contributed by atoms with E-state index in [9.17, 15) is 19.7 Å². The Morgan fingerprint density at radius 3 is 2.52 bits per heavy atom. The van der Waals surface area contributed by atoms with Crippen molar-refractivity contribution >= 4 is 23.2 Å². The molecule has 1 aromatic carbocycles. The van der Waals surface area contributed by atoms with Gasteiger partial charge in [0.15, 0.2) is 0 Å². The van der Waals surface area contributed by atoms with E-state index in [1.165, 1.54) is 18.2 Å². The molecule has 2 rings (SSSR count). The number of benzene rings is 1. The monoisotopic (exact) mass is 348 g/mol. The number of anilines is 1. The number of nitro benzene ring substituents is 1. The highest BCUT2D eigenvalue weighted by Crippen LogP contribution is 2.25. The average molecular weight is 348 g/mol. The Morgan fingerprint density at radius 2 is 2.00 bits per heavy atom. The summed E-state index contributed by atoms with van der Waals surface area (Å²) in [6.45, 7) is 5.35. The van der Waals surface area contributed by atoms with Crippen molar-refractivity contribution in [3.8, 4) is 0 Å². The van der Waals surface area contributed by atoms with E-state index in [0.29, 0.717) is 31.1 Å². The Balaban J connectivity index is 2.01. The van der Waals surface area contributed by atoms with Gasteiger partial charge in [0.05, 0.1) is 10.5 Å². The lowest BCUT2D eigenvalue weighted by Crippen LogP contribution is -2.42. The summed E-state index contributed by atoms with van der Waals surface area (Å²) in [5, 5.41) is 14.1. The van der Waals surface area contributed by atoms with Crippen molar-refractivity contribution in [3.05, 3.63) is 33.9 Å². The molecule has 136 valence electrons. The second-order valence-corrected chi connectivity index (χ2v) is 6.75. The molecule has 8 heteroatoms. The zero-order chi connectivity index (χ0) is 18.6. The van der Waals surface area contributed by atoms with Gasteiger partial charge in [-0.15, -0.1) is 0 Å². The SMILES string of the molecule is CC(C)CC(=O)N1CCC(Nc2ccc([N+](=O)[O-])cc2C(N)=O)CC1. The van der Waals surface area contributed by atoms with Crippen LogP contribution in [-0.4, -0.2) is 40.8 Å². The van der Waals surface area contributed by atoms with Crippen LogP contribution in [0.15, 0.2) is 18.2 Å². The fraction of sp³-hybridized carbons (Fsp3) is 0.529. The van der Waals surface area contributed by atoms with E-state index in [1.807, 2.05) is 18.7 Å². The summed E-state index contributed by atoms with van der Waals surface area (Å²) in [6.07, 6.45) is 2.05. The molecular weight excluding hydrogens is 324 g/mol. The Labute approximate surface area is 146 Å². The van der Waals surface area contributed by atoms with E-state index < -0.39 is 10.8 Å². The number of hydrogen-bond acceptors (Lipinski definition) is 5. The number of carbonyl (C=O) groups excluding carboxylic acids is 2. The van der Waals surface area contributed by atoms with E-state index in [-0.39, 0.29) is 23.2 Å². The number of rotatable bonds is 6. The summed E-state index contributed by atoms with van der Waals surface area (Å²) in [7, 11) is 0. The number of non-ortho nitro benzene ring substituents is 1. The number of likely N-dealkylation sites (tertiary alicyclic amines) is 1. The topological polar surface area (TPSA) is 119 Å². The Kier molecular flexibility index (Phi) is 5.95. The van der Waals surface area contributed by atoms with Crippen LogP contribution in [0, 0.1) is 16.0 Å². The number of hydrogen-bond donors (Lipinski definition) is 2. The second kappa shape index (κ2) is 7.96. The quantitative estimate of drug-likeness (QED) is 0.603. The normalized spacial score (nSPS) is 15.2. The van der Waals surface area contributed by atoms with Crippen LogP contribution in [0.1, 0.15) is 43.5 Å². The molecule has 1 aliphatic rings. The highest BCUT2D eigenvalue weighted by atomic mass is 16.6. The van der Waals surface area contributed by atoms with Gasteiger partial charge in [-0.05, 0) is 24.8 Å². The van der Waals surface area contributed by atoms with Gasteiger partial charge in [-0.2, -0.15) is 0 Å². The van der Waals surface area contributed by atoms with Crippen LogP contribution in [-0.2, 0) is 4.79 Å². The van der Waals surface area contributed by atoms with Crippen LogP contribution in [0.25, 0.3) is 0 Å². The average Bonchev–Trinajstić information content (AvgIpc) is 2.54. The van der Waals surface area contributed by atoms with Crippen molar-refractivity contribution < 1.29 is 14.5 Å². The first-order valence-electron chi connectivity index (χ1n) is 8.40. The molecule has 3 N–H and O–H groups in total. The fourth-order valence-corrected chi connectivity index (χ4v) is 2.95. The molecule has 0 atom stereocenters. The van der Waals surface area contributed by atoms with Gasteiger partial charge in [0.25, 0.3) is 11.6 Å². The van der Waals surface area contributed by atoms with Gasteiger partial charge >= 0.3 is 0 Å². The highest BCUT2D eigenvalue weighted by molar-refractivity contribution is 5.99. The molecule has 2 amide bonds. The number of nitrogens with two attached hydrogens (primary N) is 1. The molecule has 0 saturated carbocycles. The summed E-state index contributed by atoms with van der Waals surface area (Å²) >= 11 is 0. The number of nitrogens with zero attached hydrogens (tertiary/aromatic N) is 2. The van der Waals surface area contributed by atoms with Gasteiger partial charge in [0.1, 0.15) is 0 Å². The van der Waals surface area contributed by atoms with Gasteiger partial charge in [-0.25, -0.2) is 0 Å². The summed E-state index contributed by atoms with van der Waals surface area (Å²) < 4.78 is 0. The second-order valence-electron chi connectivity index (χ2n) is 6.75. The molecule has 0 unspecified atom stereocenters. The lowest BCUT2D eigenvalue weighted by atomic mass is 10.0. The number of nitro groups is 1. The number of primary amides is 1. The summed E-state index contributed by atoms with van der Waals surface area (Å²) in [6, 6.07) is 4.12. The molecule has 0 radical (unpaired) electrons. The predicted octanol–water partition coefficient (Wildman–Crippen LogP) is 2.14. The lowest BCUT2D eigenvalue weighted by Gasteiger charge is -2.33. The standard InChI is InChI=1S/C17H24N4O4/c1-11(2)9-16(22)20-7-5-12(6-8-20)19-15-4-3-13(21(24)25)10-14(15)17(18)23/h3-4,10-12,19H,5-9H2,1-2H3,(H2,18,23). The van der Waals surface area contributed by atoms with Crippen molar-refractivity contribution in [2.75, 3.05) is 18.4 Å². The Hall–Kier alpha value is -2.64. The molecule has 1 heterocycles. The smallest absolute Gasteiger partial charge is 0.270 e. The van der Waals surface area contributed by atoms with Gasteiger partial charge in [0, 0.05) is 43.4 Å². The van der Waals surface area contributed by atoms with E-state index in [1.54, 1.807) is 0 Å². The van der Waals surface area contributed by atoms with Crippen molar-refractivity contribution in [3.63, 3.8) is 0 Å². The van der Waals surface area contributed by atoms with Crippen molar-refractivity contribution in [1.29, 1.82) is 0 Å². The van der Waals surface area contributed by atoms with Crippen molar-refractivity contribution in [2.45, 2.75) is 39.2 Å². The minimum atomic E-state index is -0.712. The third-order valence-corrected chi connectivity index (χ3v) is 4.27. The molecule has 0 aromatic heterocycles. The number of carbonyl (C=O) groups is 2. The van der Waals surface area contributed by atoms with Gasteiger partial charge in [0.2, 0.25) is 5.91 Å². The number of amides is 2. The molecule has 1 aromatic rings. The first-order valence-corrected chi connectivity index (χ1v) is 8.40. The third-order valence-electron chi connectivity index (χ3n) is 4.27. The summed E-state index contributed by atoms with van der Waals surface area (Å²) in [5.74, 6) is -0.209. The maximum Gasteiger partial charge on any atom is 0.270 e. The zero-order valence-corrected chi connectivity index (χ0v) is 14.5. The largest absolute Gasteiger partial charge is 0.382 e. The molecule has 0 bridgehead atoms. The van der Waals surface area contributed by atoms with Crippen molar-refractivity contribution in [2.24, 2.45) is 11.7 Å². The van der Waals surface area contributed by atoms with Gasteiger partial charge in [-0.1, -0.05) is 13.8 Å². The Bertz CT molecular complexity index is 667. The molecule has 25 heavy (non-hydrogen) atoms. The first kappa shape index (κ1) is 18.7. The molecule has 1 fully saturated rings. The minimum Gasteiger partial charge on any atom is -0.382 e. The maximum absolute atomic E-state index is 12.1. The van der Waals surface area contributed by atoms with E-state index in [0.717, 1.165) is 12.8 Å². The van der Waals surface area contributed by atoms with Crippen LogP contribution in [0.4, 0.5) is 11.4 Å². The van der Waals surface area contributed by atoms with Crippen LogP contribution in [0.5, 0.6) is 0 Å². The predicted molar refractivity (Wildman–Crippen MR) is 94.3 cm³/mol. The Morgan fingerprint density at radius 1 is 1.36 bits per heavy atom. The van der Waals surface area contributed by atoms with Crippen LogP contribution in [0.3, 0.4) is 0 Å². The van der Waals surface area contributed by atoms with Gasteiger partial charge < -0.3 is 16.0 Å². The summed E-state index contributed by atoms with van der Waals surface area (Å²) in [4.78, 5) is 35.8. The van der Waals surface area contributed by atoms with Gasteiger partial charge in [-0.3, -0.25) is 19.7 Å². The van der Waals surface area contributed by atoms with Crippen LogP contribution >= 0.6 is 0 Å². The van der Waals surface area contributed by atoms with E-state index >= 15 is 0 Å².